The average molecular weight is 258 g/mol. The predicted molar refractivity (Wildman–Crippen MR) is 66.7 cm³/mol. The van der Waals surface area contributed by atoms with Crippen molar-refractivity contribution in [2.75, 3.05) is 13.1 Å². The average Bonchev–Trinajstić information content (AvgIpc) is 2.28. The number of halogens is 2. The smallest absolute Gasteiger partial charge is 0.142 e. The van der Waals surface area contributed by atoms with Crippen molar-refractivity contribution in [1.82, 2.24) is 5.32 Å². The van der Waals surface area contributed by atoms with Crippen molar-refractivity contribution in [3.05, 3.63) is 34.6 Å². The quantitative estimate of drug-likeness (QED) is 0.853. The second-order valence-corrected chi connectivity index (χ2v) is 5.29. The van der Waals surface area contributed by atoms with Crippen molar-refractivity contribution in [2.45, 2.75) is 25.4 Å². The largest absolute Gasteiger partial charge is 0.389 e. The Morgan fingerprint density at radius 3 is 3.00 bits per heavy atom. The van der Waals surface area contributed by atoms with Gasteiger partial charge in [0.15, 0.2) is 0 Å². The molecule has 94 valence electrons. The van der Waals surface area contributed by atoms with Gasteiger partial charge in [0.1, 0.15) is 5.82 Å². The SMILES string of the molecule is CC1CNCCC1(O)Cc1ccc(Cl)c(F)c1. The summed E-state index contributed by atoms with van der Waals surface area (Å²) < 4.78 is 13.3. The molecule has 1 saturated heterocycles. The van der Waals surface area contributed by atoms with E-state index < -0.39 is 11.4 Å². The fraction of sp³-hybridized carbons (Fsp3) is 0.538. The summed E-state index contributed by atoms with van der Waals surface area (Å²) in [6.07, 6.45) is 1.17. The first-order chi connectivity index (χ1) is 8.01. The Kier molecular flexibility index (Phi) is 3.71. The van der Waals surface area contributed by atoms with Gasteiger partial charge in [0.25, 0.3) is 0 Å². The Bertz CT molecular complexity index is 412. The van der Waals surface area contributed by atoms with Gasteiger partial charge in [-0.15, -0.1) is 0 Å². The van der Waals surface area contributed by atoms with Gasteiger partial charge in [0, 0.05) is 13.0 Å². The molecule has 0 aliphatic carbocycles. The zero-order chi connectivity index (χ0) is 12.5. The molecule has 1 heterocycles. The van der Waals surface area contributed by atoms with E-state index >= 15 is 0 Å². The van der Waals surface area contributed by atoms with Gasteiger partial charge in [-0.2, -0.15) is 0 Å². The summed E-state index contributed by atoms with van der Waals surface area (Å²) in [7, 11) is 0. The van der Waals surface area contributed by atoms with E-state index in [-0.39, 0.29) is 10.9 Å². The Morgan fingerprint density at radius 2 is 2.35 bits per heavy atom. The number of hydrogen-bond donors (Lipinski definition) is 2. The highest BCUT2D eigenvalue weighted by Crippen LogP contribution is 2.29. The van der Waals surface area contributed by atoms with E-state index in [1.165, 1.54) is 6.07 Å². The molecule has 2 rings (SSSR count). The first-order valence-corrected chi connectivity index (χ1v) is 6.26. The van der Waals surface area contributed by atoms with E-state index in [0.29, 0.717) is 12.8 Å². The minimum absolute atomic E-state index is 0.124. The number of aliphatic hydroxyl groups is 1. The van der Waals surface area contributed by atoms with Crippen LogP contribution in [-0.2, 0) is 6.42 Å². The van der Waals surface area contributed by atoms with Gasteiger partial charge in [-0.1, -0.05) is 24.6 Å². The maximum absolute atomic E-state index is 13.3. The molecule has 1 aliphatic rings. The summed E-state index contributed by atoms with van der Waals surface area (Å²) >= 11 is 5.64. The van der Waals surface area contributed by atoms with Crippen LogP contribution in [0, 0.1) is 11.7 Å². The fourth-order valence-electron chi connectivity index (χ4n) is 2.33. The third-order valence-corrected chi connectivity index (χ3v) is 3.90. The first-order valence-electron chi connectivity index (χ1n) is 5.88. The van der Waals surface area contributed by atoms with Crippen LogP contribution in [0.2, 0.25) is 5.02 Å². The predicted octanol–water partition coefficient (Wildman–Crippen LogP) is 2.38. The van der Waals surface area contributed by atoms with Crippen LogP contribution in [0.25, 0.3) is 0 Å². The first kappa shape index (κ1) is 12.8. The highest BCUT2D eigenvalue weighted by atomic mass is 35.5. The van der Waals surface area contributed by atoms with Crippen molar-refractivity contribution in [3.8, 4) is 0 Å². The second-order valence-electron chi connectivity index (χ2n) is 4.88. The lowest BCUT2D eigenvalue weighted by Gasteiger charge is -2.38. The highest BCUT2D eigenvalue weighted by Gasteiger charge is 2.36. The molecule has 0 bridgehead atoms. The Hall–Kier alpha value is -0.640. The lowest BCUT2D eigenvalue weighted by atomic mass is 9.78. The zero-order valence-corrected chi connectivity index (χ0v) is 10.6. The number of rotatable bonds is 2. The summed E-state index contributed by atoms with van der Waals surface area (Å²) in [6, 6.07) is 4.73. The molecule has 2 atom stereocenters. The Balaban J connectivity index is 2.16. The van der Waals surface area contributed by atoms with Crippen LogP contribution in [0.3, 0.4) is 0 Å². The molecule has 0 radical (unpaired) electrons. The maximum Gasteiger partial charge on any atom is 0.142 e. The monoisotopic (exact) mass is 257 g/mol. The third kappa shape index (κ3) is 2.79. The topological polar surface area (TPSA) is 32.3 Å². The fourth-order valence-corrected chi connectivity index (χ4v) is 2.44. The molecule has 17 heavy (non-hydrogen) atoms. The zero-order valence-electron chi connectivity index (χ0n) is 9.84. The molecule has 0 spiro atoms. The van der Waals surface area contributed by atoms with Gasteiger partial charge < -0.3 is 10.4 Å². The molecular weight excluding hydrogens is 241 g/mol. The third-order valence-electron chi connectivity index (χ3n) is 3.60. The number of benzene rings is 1. The number of hydrogen-bond acceptors (Lipinski definition) is 2. The van der Waals surface area contributed by atoms with Crippen molar-refractivity contribution >= 4 is 11.6 Å². The van der Waals surface area contributed by atoms with E-state index in [1.807, 2.05) is 6.92 Å². The number of nitrogens with one attached hydrogen (secondary N) is 1. The second kappa shape index (κ2) is 4.92. The van der Waals surface area contributed by atoms with Crippen molar-refractivity contribution in [3.63, 3.8) is 0 Å². The molecular formula is C13H17ClFNO. The van der Waals surface area contributed by atoms with Crippen LogP contribution in [-0.4, -0.2) is 23.8 Å². The van der Waals surface area contributed by atoms with Crippen molar-refractivity contribution < 1.29 is 9.50 Å². The molecule has 2 nitrogen and oxygen atoms in total. The van der Waals surface area contributed by atoms with Gasteiger partial charge in [-0.25, -0.2) is 4.39 Å². The molecule has 0 amide bonds. The molecule has 2 N–H and O–H groups in total. The normalized spacial score (nSPS) is 29.3. The molecule has 1 aliphatic heterocycles. The van der Waals surface area contributed by atoms with Crippen LogP contribution in [0.1, 0.15) is 18.9 Å². The van der Waals surface area contributed by atoms with Crippen molar-refractivity contribution in [2.24, 2.45) is 5.92 Å². The molecule has 0 aromatic heterocycles. The van der Waals surface area contributed by atoms with Crippen LogP contribution in [0.15, 0.2) is 18.2 Å². The van der Waals surface area contributed by atoms with Gasteiger partial charge in [0.2, 0.25) is 0 Å². The van der Waals surface area contributed by atoms with E-state index in [2.05, 4.69) is 5.32 Å². The standard InChI is InChI=1S/C13H17ClFNO/c1-9-8-16-5-4-13(9,17)7-10-2-3-11(14)12(15)6-10/h2-3,6,9,16-17H,4-5,7-8H2,1H3. The van der Waals surface area contributed by atoms with Crippen LogP contribution in [0.5, 0.6) is 0 Å². The Labute approximate surface area is 106 Å². The van der Waals surface area contributed by atoms with Gasteiger partial charge >= 0.3 is 0 Å². The lowest BCUT2D eigenvalue weighted by Crippen LogP contribution is -2.50. The van der Waals surface area contributed by atoms with Gasteiger partial charge in [-0.3, -0.25) is 0 Å². The van der Waals surface area contributed by atoms with E-state index in [9.17, 15) is 9.50 Å². The minimum Gasteiger partial charge on any atom is -0.389 e. The van der Waals surface area contributed by atoms with Crippen LogP contribution < -0.4 is 5.32 Å². The summed E-state index contributed by atoms with van der Waals surface area (Å²) in [5.41, 5.74) is 0.0501. The van der Waals surface area contributed by atoms with Crippen LogP contribution in [0.4, 0.5) is 4.39 Å². The highest BCUT2D eigenvalue weighted by molar-refractivity contribution is 6.30. The Morgan fingerprint density at radius 1 is 1.59 bits per heavy atom. The molecule has 2 unspecified atom stereocenters. The van der Waals surface area contributed by atoms with E-state index in [0.717, 1.165) is 18.7 Å². The molecule has 0 saturated carbocycles. The van der Waals surface area contributed by atoms with Gasteiger partial charge in [0.05, 0.1) is 10.6 Å². The molecule has 1 fully saturated rings. The lowest BCUT2D eigenvalue weighted by molar-refractivity contribution is -0.0329. The summed E-state index contributed by atoms with van der Waals surface area (Å²) in [5.74, 6) is -0.260. The molecule has 1 aromatic carbocycles. The summed E-state index contributed by atoms with van der Waals surface area (Å²) in [6.45, 7) is 3.61. The van der Waals surface area contributed by atoms with Crippen LogP contribution >= 0.6 is 11.6 Å². The maximum atomic E-state index is 13.3. The molecule has 4 heteroatoms. The minimum atomic E-state index is -0.745. The van der Waals surface area contributed by atoms with Crippen molar-refractivity contribution in [1.29, 1.82) is 0 Å². The summed E-state index contributed by atoms with van der Waals surface area (Å²) in [5, 5.41) is 13.9. The van der Waals surface area contributed by atoms with E-state index in [4.69, 9.17) is 11.6 Å². The molecule has 1 aromatic rings. The van der Waals surface area contributed by atoms with E-state index in [1.54, 1.807) is 12.1 Å². The number of piperidine rings is 1. The van der Waals surface area contributed by atoms with Gasteiger partial charge in [-0.05, 0) is 36.6 Å². The summed E-state index contributed by atoms with van der Waals surface area (Å²) in [4.78, 5) is 0.